The fourth-order valence-electron chi connectivity index (χ4n) is 3.18. The van der Waals surface area contributed by atoms with Gasteiger partial charge >= 0.3 is 0 Å². The van der Waals surface area contributed by atoms with Gasteiger partial charge < -0.3 is 4.90 Å². The summed E-state index contributed by atoms with van der Waals surface area (Å²) in [6.45, 7) is 3.29. The van der Waals surface area contributed by atoms with Gasteiger partial charge in [-0.3, -0.25) is 10.1 Å². The van der Waals surface area contributed by atoms with Gasteiger partial charge in [-0.2, -0.15) is 9.40 Å². The molecule has 0 saturated carbocycles. The zero-order chi connectivity index (χ0) is 18.0. The maximum absolute atomic E-state index is 12.9. The molecule has 9 heteroatoms. The minimum Gasteiger partial charge on any atom is -0.300 e. The van der Waals surface area contributed by atoms with Crippen LogP contribution in [0.15, 0.2) is 47.9 Å². The Morgan fingerprint density at radius 2 is 1.81 bits per heavy atom. The average molecular weight is 372 g/mol. The summed E-state index contributed by atoms with van der Waals surface area (Å²) in [5.41, 5.74) is 1.66. The molecule has 0 spiro atoms. The smallest absolute Gasteiger partial charge is 0.260 e. The molecular weight excluding hydrogens is 352 g/mol. The van der Waals surface area contributed by atoms with Crippen LogP contribution in [0.25, 0.3) is 11.0 Å². The van der Waals surface area contributed by atoms with Crippen molar-refractivity contribution < 1.29 is 8.42 Å². The number of sulfonamides is 1. The lowest BCUT2D eigenvalue weighted by molar-refractivity contribution is 0.190. The molecule has 26 heavy (non-hydrogen) atoms. The van der Waals surface area contributed by atoms with Gasteiger partial charge in [0.25, 0.3) is 10.0 Å². The molecule has 0 radical (unpaired) electrons. The predicted molar refractivity (Wildman–Crippen MR) is 97.0 cm³/mol. The monoisotopic (exact) mass is 372 g/mol. The van der Waals surface area contributed by atoms with Gasteiger partial charge in [-0.1, -0.05) is 0 Å². The fourth-order valence-corrected chi connectivity index (χ4v) is 4.68. The van der Waals surface area contributed by atoms with E-state index < -0.39 is 10.0 Å². The van der Waals surface area contributed by atoms with Crippen molar-refractivity contribution in [3.63, 3.8) is 0 Å². The molecule has 1 saturated heterocycles. The normalized spacial score (nSPS) is 16.9. The first-order valence-corrected chi connectivity index (χ1v) is 9.99. The van der Waals surface area contributed by atoms with Crippen molar-refractivity contribution in [2.75, 3.05) is 32.7 Å². The molecule has 1 aliphatic heterocycles. The molecule has 136 valence electrons. The maximum atomic E-state index is 12.9. The van der Waals surface area contributed by atoms with E-state index in [1.807, 2.05) is 12.1 Å². The summed E-state index contributed by atoms with van der Waals surface area (Å²) < 4.78 is 27.4. The summed E-state index contributed by atoms with van der Waals surface area (Å²) in [4.78, 5) is 10.4. The van der Waals surface area contributed by atoms with Crippen LogP contribution >= 0.6 is 0 Å². The summed E-state index contributed by atoms with van der Waals surface area (Å²) in [6, 6.07) is 7.47. The van der Waals surface area contributed by atoms with Gasteiger partial charge in [0.1, 0.15) is 0 Å². The Labute approximate surface area is 151 Å². The lowest BCUT2D eigenvalue weighted by Gasteiger charge is -2.33. The molecule has 0 unspecified atom stereocenters. The summed E-state index contributed by atoms with van der Waals surface area (Å²) >= 11 is 0. The third-order valence-electron chi connectivity index (χ3n) is 4.69. The second-order valence-corrected chi connectivity index (χ2v) is 8.15. The number of hydrogen-bond donors (Lipinski definition) is 1. The summed E-state index contributed by atoms with van der Waals surface area (Å²) in [6.07, 6.45) is 6.13. The van der Waals surface area contributed by atoms with E-state index in [1.54, 1.807) is 30.7 Å². The molecule has 0 aliphatic carbocycles. The van der Waals surface area contributed by atoms with Crippen LogP contribution in [0.4, 0.5) is 0 Å². The van der Waals surface area contributed by atoms with Crippen molar-refractivity contribution >= 4 is 21.1 Å². The minimum atomic E-state index is -3.60. The molecule has 1 aliphatic rings. The van der Waals surface area contributed by atoms with Gasteiger partial charge in [-0.15, -0.1) is 0 Å². The standard InChI is InChI=1S/C17H20N6O2S/c24-26(25,17-15-2-1-6-19-16(15)20-21-17)23-12-10-22(11-13-23)9-5-14-3-7-18-8-4-14/h1-4,6-8H,5,9-13H2,(H,19,20,21). The van der Waals surface area contributed by atoms with E-state index in [1.165, 1.54) is 9.87 Å². The molecule has 4 heterocycles. The van der Waals surface area contributed by atoms with E-state index in [0.717, 1.165) is 13.0 Å². The molecular formula is C17H20N6O2S. The lowest BCUT2D eigenvalue weighted by atomic mass is 10.2. The number of hydrogen-bond acceptors (Lipinski definition) is 6. The molecule has 0 atom stereocenters. The highest BCUT2D eigenvalue weighted by molar-refractivity contribution is 7.89. The third kappa shape index (κ3) is 3.33. The van der Waals surface area contributed by atoms with Gasteiger partial charge in [0, 0.05) is 51.3 Å². The van der Waals surface area contributed by atoms with Crippen molar-refractivity contribution in [3.05, 3.63) is 48.4 Å². The van der Waals surface area contributed by atoms with Crippen LogP contribution in [0.5, 0.6) is 0 Å². The van der Waals surface area contributed by atoms with Crippen molar-refractivity contribution in [2.24, 2.45) is 0 Å². The number of nitrogens with one attached hydrogen (secondary N) is 1. The molecule has 3 aromatic heterocycles. The van der Waals surface area contributed by atoms with Gasteiger partial charge in [-0.05, 0) is 36.2 Å². The van der Waals surface area contributed by atoms with Gasteiger partial charge in [0.2, 0.25) is 0 Å². The molecule has 0 amide bonds. The molecule has 0 aromatic carbocycles. The SMILES string of the molecule is O=S(=O)(c1[nH]nc2ncccc12)N1CCN(CCc2ccncc2)CC1. The minimum absolute atomic E-state index is 0.130. The zero-order valence-corrected chi connectivity index (χ0v) is 15.1. The maximum Gasteiger partial charge on any atom is 0.260 e. The molecule has 0 bridgehead atoms. The Kier molecular flexibility index (Phi) is 4.66. The molecule has 3 aromatic rings. The lowest BCUT2D eigenvalue weighted by Crippen LogP contribution is -2.49. The number of aromatic nitrogens is 4. The molecule has 8 nitrogen and oxygen atoms in total. The fraction of sp³-hybridized carbons (Fsp3) is 0.353. The Hall–Kier alpha value is -2.36. The zero-order valence-electron chi connectivity index (χ0n) is 14.2. The summed E-state index contributed by atoms with van der Waals surface area (Å²) in [7, 11) is -3.60. The first-order valence-electron chi connectivity index (χ1n) is 8.55. The number of nitrogens with zero attached hydrogens (tertiary/aromatic N) is 5. The van der Waals surface area contributed by atoms with E-state index in [0.29, 0.717) is 37.2 Å². The van der Waals surface area contributed by atoms with Crippen molar-refractivity contribution in [2.45, 2.75) is 11.4 Å². The largest absolute Gasteiger partial charge is 0.300 e. The summed E-state index contributed by atoms with van der Waals surface area (Å²) in [5.74, 6) is 0. The predicted octanol–water partition coefficient (Wildman–Crippen LogP) is 0.902. The quantitative estimate of drug-likeness (QED) is 0.715. The highest BCUT2D eigenvalue weighted by Gasteiger charge is 2.31. The van der Waals surface area contributed by atoms with Crippen LogP contribution in [0, 0.1) is 0 Å². The van der Waals surface area contributed by atoms with Gasteiger partial charge in [0.05, 0.1) is 5.39 Å². The van der Waals surface area contributed by atoms with Crippen LogP contribution in [-0.4, -0.2) is 70.5 Å². The second kappa shape index (κ2) is 7.10. The number of pyridine rings is 2. The van der Waals surface area contributed by atoms with Crippen LogP contribution < -0.4 is 0 Å². The van der Waals surface area contributed by atoms with E-state index in [2.05, 4.69) is 25.1 Å². The van der Waals surface area contributed by atoms with Crippen LogP contribution in [0.1, 0.15) is 5.56 Å². The van der Waals surface area contributed by atoms with Crippen LogP contribution in [0.3, 0.4) is 0 Å². The van der Waals surface area contributed by atoms with E-state index >= 15 is 0 Å². The van der Waals surface area contributed by atoms with E-state index in [9.17, 15) is 8.42 Å². The Balaban J connectivity index is 1.41. The van der Waals surface area contributed by atoms with E-state index in [4.69, 9.17) is 0 Å². The number of aromatic amines is 1. The number of rotatable bonds is 5. The van der Waals surface area contributed by atoms with Crippen molar-refractivity contribution in [3.8, 4) is 0 Å². The Morgan fingerprint density at radius 1 is 1.04 bits per heavy atom. The first kappa shape index (κ1) is 17.1. The number of H-pyrrole nitrogens is 1. The molecule has 1 fully saturated rings. The van der Waals surface area contributed by atoms with Crippen molar-refractivity contribution in [1.82, 2.24) is 29.4 Å². The third-order valence-corrected chi connectivity index (χ3v) is 6.56. The summed E-state index contributed by atoms with van der Waals surface area (Å²) in [5, 5.41) is 7.31. The van der Waals surface area contributed by atoms with Crippen LogP contribution in [0.2, 0.25) is 0 Å². The topological polar surface area (TPSA) is 95.1 Å². The highest BCUT2D eigenvalue weighted by atomic mass is 32.2. The number of piperazine rings is 1. The average Bonchev–Trinajstić information content (AvgIpc) is 3.12. The molecule has 1 N–H and O–H groups in total. The Morgan fingerprint density at radius 3 is 2.58 bits per heavy atom. The number of fused-ring (bicyclic) bond motifs is 1. The highest BCUT2D eigenvalue weighted by Crippen LogP contribution is 2.22. The van der Waals surface area contributed by atoms with E-state index in [-0.39, 0.29) is 5.03 Å². The second-order valence-electron chi connectivity index (χ2n) is 6.28. The van der Waals surface area contributed by atoms with Crippen molar-refractivity contribution in [1.29, 1.82) is 0 Å². The van der Waals surface area contributed by atoms with Gasteiger partial charge in [-0.25, -0.2) is 13.4 Å². The van der Waals surface area contributed by atoms with Gasteiger partial charge in [0.15, 0.2) is 10.7 Å². The first-order chi connectivity index (χ1) is 12.6. The Bertz CT molecular complexity index is 981. The van der Waals surface area contributed by atoms with Crippen LogP contribution in [-0.2, 0) is 16.4 Å². The molecule has 4 rings (SSSR count).